The molecule has 4 heterocycles. The van der Waals surface area contributed by atoms with E-state index in [1.54, 1.807) is 30.3 Å². The number of thiazole rings is 2. The number of carboxylic acids is 1. The summed E-state index contributed by atoms with van der Waals surface area (Å²) in [5.74, 6) is 5.05. The van der Waals surface area contributed by atoms with Crippen molar-refractivity contribution in [2.45, 2.75) is 13.0 Å². The van der Waals surface area contributed by atoms with Crippen LogP contribution in [0.2, 0.25) is 0 Å². The number of fused-ring (bicyclic) bond motifs is 2. The van der Waals surface area contributed by atoms with Gasteiger partial charge in [0.15, 0.2) is 21.8 Å². The highest BCUT2D eigenvalue weighted by Crippen LogP contribution is 2.34. The molecule has 0 saturated heterocycles. The lowest BCUT2D eigenvalue weighted by atomic mass is 9.94. The first-order valence-corrected chi connectivity index (χ1v) is 16.2. The zero-order valence-corrected chi connectivity index (χ0v) is 26.6. The zero-order valence-electron chi connectivity index (χ0n) is 25.0. The van der Waals surface area contributed by atoms with Gasteiger partial charge in [0, 0.05) is 18.7 Å². The van der Waals surface area contributed by atoms with Crippen molar-refractivity contribution in [2.75, 3.05) is 29.1 Å². The number of amides is 1. The van der Waals surface area contributed by atoms with Crippen molar-refractivity contribution in [3.05, 3.63) is 105 Å². The Labute approximate surface area is 281 Å². The molecule has 0 aliphatic carbocycles. The maximum atomic E-state index is 13.4. The van der Waals surface area contributed by atoms with Gasteiger partial charge in [0.1, 0.15) is 17.2 Å². The summed E-state index contributed by atoms with van der Waals surface area (Å²) in [6.45, 7) is 8.32. The van der Waals surface area contributed by atoms with E-state index in [-0.39, 0.29) is 29.7 Å². The van der Waals surface area contributed by atoms with Gasteiger partial charge < -0.3 is 20.5 Å². The van der Waals surface area contributed by atoms with Crippen LogP contribution in [-0.4, -0.2) is 50.3 Å². The van der Waals surface area contributed by atoms with Crippen LogP contribution in [0.5, 0.6) is 5.75 Å². The van der Waals surface area contributed by atoms with Crippen LogP contribution in [0.15, 0.2) is 66.7 Å². The van der Waals surface area contributed by atoms with E-state index in [1.165, 1.54) is 22.7 Å². The van der Waals surface area contributed by atoms with Gasteiger partial charge in [0.25, 0.3) is 11.6 Å². The number of carboxylic acid groups (broad SMARTS) is 1. The Morgan fingerprint density at radius 2 is 1.94 bits per heavy atom. The summed E-state index contributed by atoms with van der Waals surface area (Å²) >= 11 is 2.61. The molecule has 1 amide bonds. The second kappa shape index (κ2) is 12.9. The number of rotatable bonds is 7. The van der Waals surface area contributed by atoms with Crippen molar-refractivity contribution >= 4 is 66.5 Å². The number of nitrogens with one attached hydrogen (secondary N) is 2. The Kier molecular flexibility index (Phi) is 8.17. The van der Waals surface area contributed by atoms with Crippen LogP contribution in [0, 0.1) is 18.4 Å². The van der Waals surface area contributed by atoms with E-state index in [0.29, 0.717) is 51.7 Å². The minimum atomic E-state index is -1.18. The number of nitrogens with two attached hydrogens (primary N) is 1. The summed E-state index contributed by atoms with van der Waals surface area (Å²) in [6.07, 6.45) is 0.667. The first-order valence-electron chi connectivity index (χ1n) is 14.6. The van der Waals surface area contributed by atoms with E-state index in [0.717, 1.165) is 26.9 Å². The van der Waals surface area contributed by atoms with Gasteiger partial charge >= 0.3 is 5.97 Å². The molecule has 0 atom stereocenters. The number of aromatic amines is 1. The lowest BCUT2D eigenvalue weighted by Crippen LogP contribution is -2.32. The van der Waals surface area contributed by atoms with Crippen LogP contribution in [0.1, 0.15) is 36.9 Å². The fourth-order valence-corrected chi connectivity index (χ4v) is 7.16. The van der Waals surface area contributed by atoms with Gasteiger partial charge in [0.05, 0.1) is 22.5 Å². The number of benzene rings is 3. The normalized spacial score (nSPS) is 12.1. The third-order valence-corrected chi connectivity index (χ3v) is 9.64. The molecule has 0 saturated carbocycles. The lowest BCUT2D eigenvalue weighted by Gasteiger charge is -2.29. The van der Waals surface area contributed by atoms with Gasteiger partial charge in [-0.1, -0.05) is 65.0 Å². The molecule has 0 spiro atoms. The Bertz CT molecular complexity index is 2270. The van der Waals surface area contributed by atoms with Crippen LogP contribution in [0.4, 0.5) is 21.8 Å². The van der Waals surface area contributed by atoms with Crippen molar-refractivity contribution in [1.29, 1.82) is 0 Å². The van der Waals surface area contributed by atoms with Crippen LogP contribution < -0.4 is 20.7 Å². The minimum absolute atomic E-state index is 0.0141. The Balaban J connectivity index is 1.04. The standard InChI is InChI=1S/C34H24N8O4S2/c1-36-29-27(40-41-30(29)35)20-11-13-21(14-12-20)46-17-5-10-26-28(32(44)45)38-34(48-26)42-16-15-19-6-4-7-22(23(19)18-42)31(43)39-33-37-24-8-2-3-9-25(24)47-33/h2-4,6-9,11-14H,15-18H2,(H,44,45)(H3,35,40,41)(H,37,39,43). The maximum absolute atomic E-state index is 13.4. The molecule has 1 aliphatic rings. The molecular formula is C34H24N8O4S2. The first kappa shape index (κ1) is 30.4. The van der Waals surface area contributed by atoms with E-state index >= 15 is 0 Å². The molecule has 48 heavy (non-hydrogen) atoms. The molecule has 12 nitrogen and oxygen atoms in total. The van der Waals surface area contributed by atoms with E-state index in [4.69, 9.17) is 17.0 Å². The number of aromatic nitrogens is 4. The highest BCUT2D eigenvalue weighted by atomic mass is 32.1. The monoisotopic (exact) mass is 672 g/mol. The number of hydrogen-bond acceptors (Lipinski definition) is 10. The van der Waals surface area contributed by atoms with Gasteiger partial charge in [-0.15, -0.1) is 0 Å². The molecule has 3 aromatic heterocycles. The van der Waals surface area contributed by atoms with E-state index in [1.807, 2.05) is 41.3 Å². The molecule has 236 valence electrons. The highest BCUT2D eigenvalue weighted by Gasteiger charge is 2.26. The molecule has 1 aliphatic heterocycles. The lowest BCUT2D eigenvalue weighted by molar-refractivity contribution is 0.0691. The number of H-pyrrole nitrogens is 1. The first-order chi connectivity index (χ1) is 23.4. The number of hydrogen-bond donors (Lipinski definition) is 4. The summed E-state index contributed by atoms with van der Waals surface area (Å²) in [6, 6.07) is 20.4. The Hall–Kier alpha value is -6.22. The fraction of sp³-hybridized carbons (Fsp3) is 0.118. The molecular weight excluding hydrogens is 649 g/mol. The molecule has 3 aromatic carbocycles. The molecule has 0 radical (unpaired) electrons. The van der Waals surface area contributed by atoms with Crippen molar-refractivity contribution < 1.29 is 19.4 Å². The summed E-state index contributed by atoms with van der Waals surface area (Å²) in [4.78, 5) is 40.2. The van der Waals surface area contributed by atoms with E-state index in [9.17, 15) is 14.7 Å². The average Bonchev–Trinajstić information content (AvgIpc) is 3.82. The summed E-state index contributed by atoms with van der Waals surface area (Å²) < 4.78 is 6.72. The summed E-state index contributed by atoms with van der Waals surface area (Å²) in [5.41, 5.74) is 10.4. The van der Waals surface area contributed by atoms with Crippen LogP contribution in [0.3, 0.4) is 0 Å². The van der Waals surface area contributed by atoms with E-state index in [2.05, 4.69) is 42.2 Å². The predicted molar refractivity (Wildman–Crippen MR) is 185 cm³/mol. The Morgan fingerprint density at radius 3 is 2.73 bits per heavy atom. The second-order valence-corrected chi connectivity index (χ2v) is 12.6. The smallest absolute Gasteiger partial charge is 0.356 e. The number of nitrogen functional groups attached to an aromatic ring is 1. The van der Waals surface area contributed by atoms with Crippen LogP contribution in [-0.2, 0) is 13.0 Å². The maximum Gasteiger partial charge on any atom is 0.356 e. The average molecular weight is 673 g/mol. The van der Waals surface area contributed by atoms with E-state index < -0.39 is 5.97 Å². The number of ether oxygens (including phenoxy) is 1. The minimum Gasteiger partial charge on any atom is -0.481 e. The third-order valence-electron chi connectivity index (χ3n) is 7.66. The highest BCUT2D eigenvalue weighted by molar-refractivity contribution is 7.22. The SMILES string of the molecule is [C-]#[N+]c1c(N)n[nH]c1-c1ccc(OCC#Cc2sc(N3CCc4cccc(C(=O)Nc5nc6ccccc6s5)c4C3)nc2C(=O)O)cc1. The quantitative estimate of drug-likeness (QED) is 0.114. The summed E-state index contributed by atoms with van der Waals surface area (Å²) in [5, 5.41) is 20.5. The molecule has 14 heteroatoms. The van der Waals surface area contributed by atoms with Crippen LogP contribution in [0.25, 0.3) is 26.3 Å². The zero-order chi connectivity index (χ0) is 33.2. The van der Waals surface area contributed by atoms with Crippen LogP contribution >= 0.6 is 22.7 Å². The molecule has 6 aromatic rings. The topological polar surface area (TPSA) is 164 Å². The van der Waals surface area contributed by atoms with Gasteiger partial charge in [0.2, 0.25) is 0 Å². The number of nitrogens with zero attached hydrogens (tertiary/aromatic N) is 5. The third kappa shape index (κ3) is 6.01. The van der Waals surface area contributed by atoms with Gasteiger partial charge in [-0.25, -0.2) is 19.6 Å². The molecule has 0 fully saturated rings. The van der Waals surface area contributed by atoms with Crippen molar-refractivity contribution in [3.63, 3.8) is 0 Å². The number of anilines is 3. The molecule has 0 unspecified atom stereocenters. The van der Waals surface area contributed by atoms with Crippen molar-refractivity contribution in [1.82, 2.24) is 20.2 Å². The summed E-state index contributed by atoms with van der Waals surface area (Å²) in [7, 11) is 0. The molecule has 5 N–H and O–H groups in total. The second-order valence-electron chi connectivity index (χ2n) is 10.6. The predicted octanol–water partition coefficient (Wildman–Crippen LogP) is 6.22. The van der Waals surface area contributed by atoms with Crippen molar-refractivity contribution in [3.8, 4) is 28.8 Å². The fourth-order valence-electron chi connectivity index (χ4n) is 5.34. The molecule has 7 rings (SSSR count). The molecule has 0 bridgehead atoms. The van der Waals surface area contributed by atoms with Gasteiger partial charge in [-0.3, -0.25) is 15.2 Å². The van der Waals surface area contributed by atoms with Crippen molar-refractivity contribution in [2.24, 2.45) is 0 Å². The van der Waals surface area contributed by atoms with Gasteiger partial charge in [-0.2, -0.15) is 5.10 Å². The number of aromatic carboxylic acids is 1. The number of para-hydroxylation sites is 1. The number of carbonyl (C=O) groups is 2. The Morgan fingerprint density at radius 1 is 1.10 bits per heavy atom. The van der Waals surface area contributed by atoms with Gasteiger partial charge in [-0.05, 0) is 59.4 Å². The number of carbonyl (C=O) groups excluding carboxylic acids is 1. The largest absolute Gasteiger partial charge is 0.481 e.